The van der Waals surface area contributed by atoms with E-state index in [9.17, 15) is 9.59 Å². The van der Waals surface area contributed by atoms with Crippen molar-refractivity contribution in [3.8, 4) is 0 Å². The van der Waals surface area contributed by atoms with E-state index in [4.69, 9.17) is 9.52 Å². The Bertz CT molecular complexity index is 664. The summed E-state index contributed by atoms with van der Waals surface area (Å²) in [6, 6.07) is -0.407. The lowest BCUT2D eigenvalue weighted by Gasteiger charge is -2.03. The number of carbonyl (C=O) groups is 2. The minimum absolute atomic E-state index is 0.162. The normalized spacial score (nSPS) is 10.4. The van der Waals surface area contributed by atoms with Gasteiger partial charge in [0.1, 0.15) is 15.6 Å². The Morgan fingerprint density at radius 2 is 2.05 bits per heavy atom. The van der Waals surface area contributed by atoms with Crippen LogP contribution in [0.1, 0.15) is 32.0 Å². The number of aromatic carboxylic acids is 1. The van der Waals surface area contributed by atoms with Crippen molar-refractivity contribution in [3.05, 3.63) is 33.4 Å². The number of thiazole rings is 1. The number of urea groups is 1. The molecule has 0 saturated heterocycles. The van der Waals surface area contributed by atoms with E-state index in [0.29, 0.717) is 22.4 Å². The number of aromatic nitrogens is 2. The van der Waals surface area contributed by atoms with E-state index >= 15 is 0 Å². The molecule has 0 atom stereocenters. The van der Waals surface area contributed by atoms with Gasteiger partial charge in [0.2, 0.25) is 5.89 Å². The fourth-order valence-electron chi connectivity index (χ4n) is 1.58. The highest BCUT2D eigenvalue weighted by Crippen LogP contribution is 2.17. The van der Waals surface area contributed by atoms with Gasteiger partial charge < -0.3 is 20.2 Å². The maximum absolute atomic E-state index is 11.6. The highest BCUT2D eigenvalue weighted by molar-refractivity contribution is 7.13. The van der Waals surface area contributed by atoms with Gasteiger partial charge in [-0.2, -0.15) is 0 Å². The number of nitrogens with one attached hydrogen (secondary N) is 2. The number of carboxylic acid groups (broad SMARTS) is 1. The van der Waals surface area contributed by atoms with Crippen LogP contribution in [0.5, 0.6) is 0 Å². The zero-order valence-electron chi connectivity index (χ0n) is 11.5. The Labute approximate surface area is 124 Å². The fourth-order valence-corrected chi connectivity index (χ4v) is 2.43. The first-order valence-corrected chi connectivity index (χ1v) is 6.90. The van der Waals surface area contributed by atoms with Gasteiger partial charge >= 0.3 is 12.0 Å². The molecule has 0 aliphatic carbocycles. The van der Waals surface area contributed by atoms with Gasteiger partial charge in [0.15, 0.2) is 0 Å². The second kappa shape index (κ2) is 6.35. The van der Waals surface area contributed by atoms with Crippen LogP contribution in [0.2, 0.25) is 0 Å². The van der Waals surface area contributed by atoms with E-state index < -0.39 is 12.0 Å². The molecule has 0 bridgehead atoms. The molecule has 0 unspecified atom stereocenters. The molecule has 2 rings (SSSR count). The number of oxazole rings is 1. The number of nitrogens with zero attached hydrogens (tertiary/aromatic N) is 2. The molecule has 3 N–H and O–H groups in total. The second-order valence-corrected chi connectivity index (χ2v) is 5.31. The summed E-state index contributed by atoms with van der Waals surface area (Å²) < 4.78 is 5.21. The topological polar surface area (TPSA) is 117 Å². The quantitative estimate of drug-likeness (QED) is 0.769. The number of amides is 2. The second-order valence-electron chi connectivity index (χ2n) is 4.23. The monoisotopic (exact) mass is 310 g/mol. The van der Waals surface area contributed by atoms with Gasteiger partial charge in [0.05, 0.1) is 25.0 Å². The number of hydrogen-bond donors (Lipinski definition) is 3. The standard InChI is InChI=1S/C12H14N4O4S/c1-6-3-13-8(20-6)4-14-12(19)15-5-9-16-7(2)10(21-9)11(17)18/h3H,4-5H2,1-2H3,(H,17,18)(H2,14,15,19). The van der Waals surface area contributed by atoms with Gasteiger partial charge in [-0.05, 0) is 13.8 Å². The van der Waals surface area contributed by atoms with E-state index in [1.165, 1.54) is 0 Å². The van der Waals surface area contributed by atoms with E-state index in [1.807, 2.05) is 0 Å². The van der Waals surface area contributed by atoms with Crippen molar-refractivity contribution in [2.75, 3.05) is 0 Å². The summed E-state index contributed by atoms with van der Waals surface area (Å²) in [7, 11) is 0. The van der Waals surface area contributed by atoms with Crippen LogP contribution in [-0.2, 0) is 13.1 Å². The Morgan fingerprint density at radius 1 is 1.33 bits per heavy atom. The van der Waals surface area contributed by atoms with Gasteiger partial charge in [-0.3, -0.25) is 0 Å². The van der Waals surface area contributed by atoms with Gasteiger partial charge in [-0.25, -0.2) is 19.6 Å². The average Bonchev–Trinajstić information content (AvgIpc) is 3.00. The van der Waals surface area contributed by atoms with Crippen molar-refractivity contribution in [1.29, 1.82) is 0 Å². The molecule has 8 nitrogen and oxygen atoms in total. The molecule has 0 fully saturated rings. The van der Waals surface area contributed by atoms with Crippen molar-refractivity contribution in [2.24, 2.45) is 0 Å². The summed E-state index contributed by atoms with van der Waals surface area (Å²) in [6.45, 7) is 3.72. The zero-order valence-corrected chi connectivity index (χ0v) is 12.3. The first-order chi connectivity index (χ1) is 9.95. The van der Waals surface area contributed by atoms with Crippen LogP contribution in [-0.4, -0.2) is 27.1 Å². The highest BCUT2D eigenvalue weighted by atomic mass is 32.1. The summed E-state index contributed by atoms with van der Waals surface area (Å²) in [5.74, 6) is 0.0764. The van der Waals surface area contributed by atoms with Gasteiger partial charge in [0.25, 0.3) is 0 Å². The molecule has 0 aliphatic heterocycles. The predicted molar refractivity (Wildman–Crippen MR) is 74.1 cm³/mol. The smallest absolute Gasteiger partial charge is 0.347 e. The van der Waals surface area contributed by atoms with Crippen LogP contribution in [0.3, 0.4) is 0 Å². The summed E-state index contributed by atoms with van der Waals surface area (Å²) in [6.07, 6.45) is 1.57. The molecule has 9 heteroatoms. The van der Waals surface area contributed by atoms with Crippen molar-refractivity contribution in [1.82, 2.24) is 20.6 Å². The molecule has 0 aliphatic rings. The van der Waals surface area contributed by atoms with Crippen LogP contribution in [0.4, 0.5) is 4.79 Å². The van der Waals surface area contributed by atoms with Crippen LogP contribution in [0, 0.1) is 13.8 Å². The summed E-state index contributed by atoms with van der Waals surface area (Å²) in [5.41, 5.74) is 0.444. The lowest BCUT2D eigenvalue weighted by atomic mass is 10.4. The SMILES string of the molecule is Cc1cnc(CNC(=O)NCc2nc(C)c(C(=O)O)s2)o1. The maximum Gasteiger partial charge on any atom is 0.347 e. The minimum Gasteiger partial charge on any atom is -0.477 e. The number of rotatable bonds is 5. The molecule has 0 saturated carbocycles. The Balaban J connectivity index is 1.81. The Kier molecular flexibility index (Phi) is 4.53. The average molecular weight is 310 g/mol. The third-order valence-electron chi connectivity index (χ3n) is 2.50. The molecular formula is C12H14N4O4S. The molecule has 112 valence electrons. The third kappa shape index (κ3) is 4.02. The van der Waals surface area contributed by atoms with Crippen molar-refractivity contribution >= 4 is 23.3 Å². The minimum atomic E-state index is -1.01. The van der Waals surface area contributed by atoms with E-state index in [1.54, 1.807) is 20.0 Å². The van der Waals surface area contributed by atoms with Gasteiger partial charge in [-0.1, -0.05) is 0 Å². The van der Waals surface area contributed by atoms with E-state index in [-0.39, 0.29) is 18.0 Å². The molecule has 2 aromatic heterocycles. The fraction of sp³-hybridized carbons (Fsp3) is 0.333. The molecule has 2 heterocycles. The van der Waals surface area contributed by atoms with Gasteiger partial charge in [0, 0.05) is 0 Å². The summed E-state index contributed by atoms with van der Waals surface area (Å²) in [5, 5.41) is 14.6. The van der Waals surface area contributed by atoms with E-state index in [0.717, 1.165) is 11.3 Å². The van der Waals surface area contributed by atoms with Crippen molar-refractivity contribution in [3.63, 3.8) is 0 Å². The van der Waals surface area contributed by atoms with Crippen LogP contribution >= 0.6 is 11.3 Å². The molecule has 0 aromatic carbocycles. The Morgan fingerprint density at radius 3 is 2.62 bits per heavy atom. The lowest BCUT2D eigenvalue weighted by Crippen LogP contribution is -2.34. The molecular weight excluding hydrogens is 296 g/mol. The first-order valence-electron chi connectivity index (χ1n) is 6.08. The predicted octanol–water partition coefficient (Wildman–Crippen LogP) is 1.45. The molecule has 2 aromatic rings. The largest absolute Gasteiger partial charge is 0.477 e. The number of carbonyl (C=O) groups excluding carboxylic acids is 1. The number of carboxylic acids is 1. The van der Waals surface area contributed by atoms with Crippen LogP contribution in [0.15, 0.2) is 10.6 Å². The third-order valence-corrected chi connectivity index (χ3v) is 3.65. The summed E-state index contributed by atoms with van der Waals surface area (Å²) >= 11 is 1.04. The highest BCUT2D eigenvalue weighted by Gasteiger charge is 2.14. The van der Waals surface area contributed by atoms with Crippen LogP contribution < -0.4 is 10.6 Å². The molecule has 0 spiro atoms. The first kappa shape index (κ1) is 15.0. The molecule has 2 amide bonds. The van der Waals surface area contributed by atoms with Crippen molar-refractivity contribution in [2.45, 2.75) is 26.9 Å². The summed E-state index contributed by atoms with van der Waals surface area (Å²) in [4.78, 5) is 30.7. The Hall–Kier alpha value is -2.42. The molecule has 21 heavy (non-hydrogen) atoms. The van der Waals surface area contributed by atoms with Crippen LogP contribution in [0.25, 0.3) is 0 Å². The van der Waals surface area contributed by atoms with Crippen molar-refractivity contribution < 1.29 is 19.1 Å². The number of hydrogen-bond acceptors (Lipinski definition) is 6. The number of aryl methyl sites for hydroxylation is 2. The van der Waals surface area contributed by atoms with Gasteiger partial charge in [-0.15, -0.1) is 11.3 Å². The van der Waals surface area contributed by atoms with E-state index in [2.05, 4.69) is 20.6 Å². The zero-order chi connectivity index (χ0) is 15.4. The lowest BCUT2D eigenvalue weighted by molar-refractivity contribution is 0.0701. The maximum atomic E-state index is 11.6. The molecule has 0 radical (unpaired) electrons.